The summed E-state index contributed by atoms with van der Waals surface area (Å²) in [6.07, 6.45) is 1.62. The summed E-state index contributed by atoms with van der Waals surface area (Å²) in [7, 11) is 0. The molecule has 4 aromatic rings. The van der Waals surface area contributed by atoms with Gasteiger partial charge in [0.15, 0.2) is 0 Å². The summed E-state index contributed by atoms with van der Waals surface area (Å²) in [4.78, 5) is 33.2. The average molecular weight is 621 g/mol. The molecule has 4 aromatic carbocycles. The Hall–Kier alpha value is -4.66. The van der Waals surface area contributed by atoms with E-state index in [1.807, 2.05) is 95.9 Å². The summed E-state index contributed by atoms with van der Waals surface area (Å²) in [6, 6.07) is 37.1. The predicted octanol–water partition coefficient (Wildman–Crippen LogP) is 6.49. The van der Waals surface area contributed by atoms with Gasteiger partial charge < -0.3 is 19.7 Å². The topological polar surface area (TPSA) is 74.3 Å². The van der Waals surface area contributed by atoms with Crippen molar-refractivity contribution in [1.82, 2.24) is 9.80 Å². The molecule has 1 saturated heterocycles. The summed E-state index contributed by atoms with van der Waals surface area (Å²) in [5, 5.41) is 3.01. The van der Waals surface area contributed by atoms with Gasteiger partial charge in [-0.15, -0.1) is 0 Å². The van der Waals surface area contributed by atoms with Crippen molar-refractivity contribution < 1.29 is 19.1 Å². The predicted molar refractivity (Wildman–Crippen MR) is 183 cm³/mol. The average Bonchev–Trinajstić information content (AvgIpc) is 3.10. The number of benzene rings is 4. The van der Waals surface area contributed by atoms with Crippen molar-refractivity contribution in [3.8, 4) is 5.75 Å². The van der Waals surface area contributed by atoms with Crippen molar-refractivity contribution >= 4 is 23.3 Å². The first kappa shape index (κ1) is 32.7. The number of nitrogens with zero attached hydrogens (tertiary/aromatic N) is 3. The lowest BCUT2D eigenvalue weighted by molar-refractivity contribution is -0.131. The Morgan fingerprint density at radius 3 is 2.17 bits per heavy atom. The van der Waals surface area contributed by atoms with Crippen molar-refractivity contribution in [3.63, 3.8) is 0 Å². The molecule has 46 heavy (non-hydrogen) atoms. The maximum Gasteiger partial charge on any atom is 0.326 e. The molecule has 0 spiro atoms. The Kier molecular flexibility index (Phi) is 12.6. The normalized spacial score (nSPS) is 13.1. The van der Waals surface area contributed by atoms with Gasteiger partial charge in [-0.05, 0) is 48.2 Å². The molecule has 1 aliphatic rings. The number of amides is 3. The molecule has 8 nitrogen and oxygen atoms in total. The standard InChI is InChI=1S/C38H44N4O4/c43-37(41(31-33-14-6-2-7-15-33)23-21-32-12-4-1-5-13-32)20-11-22-42(38(44)39-34-16-8-3-9-17-34)35-18-10-19-36(30-35)46-29-26-40-24-27-45-28-25-40/h1-10,12-19,30H,11,20-29,31H2,(H,39,44). The summed E-state index contributed by atoms with van der Waals surface area (Å²) in [6.45, 7) is 6.23. The highest BCUT2D eigenvalue weighted by Crippen LogP contribution is 2.23. The molecule has 8 heteroatoms. The van der Waals surface area contributed by atoms with Crippen molar-refractivity contribution in [3.05, 3.63) is 126 Å². The first-order valence-corrected chi connectivity index (χ1v) is 16.2. The number of rotatable bonds is 15. The van der Waals surface area contributed by atoms with Crippen LogP contribution in [0.5, 0.6) is 5.75 Å². The van der Waals surface area contributed by atoms with Crippen molar-refractivity contribution in [2.45, 2.75) is 25.8 Å². The van der Waals surface area contributed by atoms with Gasteiger partial charge >= 0.3 is 6.03 Å². The highest BCUT2D eigenvalue weighted by atomic mass is 16.5. The van der Waals surface area contributed by atoms with E-state index in [1.54, 1.807) is 4.90 Å². The van der Waals surface area contributed by atoms with Gasteiger partial charge in [0.1, 0.15) is 12.4 Å². The number of para-hydroxylation sites is 1. The molecule has 0 aliphatic carbocycles. The molecule has 0 radical (unpaired) electrons. The van der Waals surface area contributed by atoms with E-state index in [1.165, 1.54) is 5.56 Å². The number of ether oxygens (including phenoxy) is 2. The van der Waals surface area contributed by atoms with E-state index in [2.05, 4.69) is 34.5 Å². The van der Waals surface area contributed by atoms with E-state index in [9.17, 15) is 9.59 Å². The number of hydrogen-bond donors (Lipinski definition) is 1. The number of nitrogens with one attached hydrogen (secondary N) is 1. The second-order valence-electron chi connectivity index (χ2n) is 11.4. The van der Waals surface area contributed by atoms with Crippen molar-refractivity contribution in [2.75, 3.05) is 62.8 Å². The van der Waals surface area contributed by atoms with Crippen LogP contribution in [0.3, 0.4) is 0 Å². The van der Waals surface area contributed by atoms with Crippen molar-refractivity contribution in [1.29, 1.82) is 0 Å². The largest absolute Gasteiger partial charge is 0.492 e. The lowest BCUT2D eigenvalue weighted by Gasteiger charge is -2.27. The molecule has 0 bridgehead atoms. The molecule has 1 aliphatic heterocycles. The third-order valence-corrected chi connectivity index (χ3v) is 8.03. The second kappa shape index (κ2) is 17.7. The maximum atomic E-state index is 13.6. The Labute approximate surface area is 272 Å². The third kappa shape index (κ3) is 10.5. The van der Waals surface area contributed by atoms with Crippen LogP contribution in [0.4, 0.5) is 16.2 Å². The third-order valence-electron chi connectivity index (χ3n) is 8.03. The minimum atomic E-state index is -0.255. The number of carbonyl (C=O) groups excluding carboxylic acids is 2. The molecule has 3 amide bonds. The first-order valence-electron chi connectivity index (χ1n) is 16.2. The highest BCUT2D eigenvalue weighted by Gasteiger charge is 2.20. The maximum absolute atomic E-state index is 13.6. The number of carbonyl (C=O) groups is 2. The number of anilines is 2. The molecule has 0 unspecified atom stereocenters. The Morgan fingerprint density at radius 1 is 0.783 bits per heavy atom. The summed E-state index contributed by atoms with van der Waals surface area (Å²) < 4.78 is 11.5. The minimum Gasteiger partial charge on any atom is -0.492 e. The second-order valence-corrected chi connectivity index (χ2v) is 11.4. The van der Waals surface area contributed by atoms with Crippen LogP contribution in [0.2, 0.25) is 0 Å². The Balaban J connectivity index is 1.24. The zero-order chi connectivity index (χ0) is 31.8. The van der Waals surface area contributed by atoms with Gasteiger partial charge in [-0.1, -0.05) is 84.9 Å². The Bertz CT molecular complexity index is 1480. The van der Waals surface area contributed by atoms with Crippen LogP contribution in [-0.4, -0.2) is 74.3 Å². The minimum absolute atomic E-state index is 0.0726. The van der Waals surface area contributed by atoms with Crippen LogP contribution >= 0.6 is 0 Å². The fraction of sp³-hybridized carbons (Fsp3) is 0.316. The number of morpholine rings is 1. The van der Waals surface area contributed by atoms with E-state index in [-0.39, 0.29) is 11.9 Å². The monoisotopic (exact) mass is 620 g/mol. The van der Waals surface area contributed by atoms with Crippen LogP contribution in [0.1, 0.15) is 24.0 Å². The van der Waals surface area contributed by atoms with Crippen LogP contribution in [0, 0.1) is 0 Å². The lowest BCUT2D eigenvalue weighted by atomic mass is 10.1. The zero-order valence-corrected chi connectivity index (χ0v) is 26.4. The fourth-order valence-electron chi connectivity index (χ4n) is 5.47. The van der Waals surface area contributed by atoms with Gasteiger partial charge in [-0.25, -0.2) is 4.79 Å². The lowest BCUT2D eigenvalue weighted by Crippen LogP contribution is -2.38. The van der Waals surface area contributed by atoms with E-state index in [0.29, 0.717) is 50.5 Å². The molecule has 0 saturated carbocycles. The van der Waals surface area contributed by atoms with Gasteiger partial charge in [0, 0.05) is 63.1 Å². The van der Waals surface area contributed by atoms with E-state index in [0.717, 1.165) is 50.5 Å². The molecule has 1 fully saturated rings. The zero-order valence-electron chi connectivity index (χ0n) is 26.4. The molecular formula is C38H44N4O4. The first-order chi connectivity index (χ1) is 22.6. The number of urea groups is 1. The number of hydrogen-bond acceptors (Lipinski definition) is 5. The molecule has 0 atom stereocenters. The quantitative estimate of drug-likeness (QED) is 0.165. The van der Waals surface area contributed by atoms with Crippen LogP contribution in [-0.2, 0) is 22.5 Å². The van der Waals surface area contributed by atoms with Gasteiger partial charge in [-0.2, -0.15) is 0 Å². The van der Waals surface area contributed by atoms with Gasteiger partial charge in [0.25, 0.3) is 0 Å². The van der Waals surface area contributed by atoms with Crippen LogP contribution in [0.25, 0.3) is 0 Å². The van der Waals surface area contributed by atoms with Gasteiger partial charge in [-0.3, -0.25) is 14.6 Å². The molecule has 240 valence electrons. The summed E-state index contributed by atoms with van der Waals surface area (Å²) in [5.41, 5.74) is 3.72. The SMILES string of the molecule is O=C(CCCN(C(=O)Nc1ccccc1)c1cccc(OCCN2CCOCC2)c1)N(CCc1ccccc1)Cc1ccccc1. The smallest absolute Gasteiger partial charge is 0.326 e. The van der Waals surface area contributed by atoms with Gasteiger partial charge in [0.2, 0.25) is 5.91 Å². The fourth-order valence-corrected chi connectivity index (χ4v) is 5.47. The Morgan fingerprint density at radius 2 is 1.46 bits per heavy atom. The molecule has 1 N–H and O–H groups in total. The molecular weight excluding hydrogens is 576 g/mol. The molecule has 0 aromatic heterocycles. The molecule has 5 rings (SSSR count). The van der Waals surface area contributed by atoms with Gasteiger partial charge in [0.05, 0.1) is 13.2 Å². The van der Waals surface area contributed by atoms with E-state index in [4.69, 9.17) is 9.47 Å². The van der Waals surface area contributed by atoms with E-state index >= 15 is 0 Å². The van der Waals surface area contributed by atoms with Crippen LogP contribution in [0.15, 0.2) is 115 Å². The summed E-state index contributed by atoms with van der Waals surface area (Å²) in [5.74, 6) is 0.776. The van der Waals surface area contributed by atoms with Crippen LogP contribution < -0.4 is 15.0 Å². The summed E-state index contributed by atoms with van der Waals surface area (Å²) >= 11 is 0. The van der Waals surface area contributed by atoms with Crippen molar-refractivity contribution in [2.24, 2.45) is 0 Å². The highest BCUT2D eigenvalue weighted by molar-refractivity contribution is 6.01. The van der Waals surface area contributed by atoms with E-state index < -0.39 is 0 Å². The molecule has 1 heterocycles.